The number of ether oxygens (including phenoxy) is 2. The summed E-state index contributed by atoms with van der Waals surface area (Å²) in [5, 5.41) is 18.1. The van der Waals surface area contributed by atoms with Gasteiger partial charge in [0.1, 0.15) is 11.3 Å². The van der Waals surface area contributed by atoms with Crippen LogP contribution in [0.3, 0.4) is 0 Å². The molecular formula is C11H15BO5. The van der Waals surface area contributed by atoms with Crippen LogP contribution in [-0.4, -0.2) is 36.3 Å². The van der Waals surface area contributed by atoms with Gasteiger partial charge in [0.25, 0.3) is 0 Å². The molecule has 1 aromatic rings. The van der Waals surface area contributed by atoms with Crippen LogP contribution in [0.15, 0.2) is 18.2 Å². The van der Waals surface area contributed by atoms with Crippen LogP contribution in [0.5, 0.6) is 5.75 Å². The van der Waals surface area contributed by atoms with Gasteiger partial charge >= 0.3 is 13.1 Å². The molecule has 0 aliphatic rings. The Balaban J connectivity index is 3.16. The minimum Gasteiger partial charge on any atom is -0.490 e. The second-order valence-electron chi connectivity index (χ2n) is 3.79. The first-order valence-corrected chi connectivity index (χ1v) is 5.20. The zero-order chi connectivity index (χ0) is 13.0. The van der Waals surface area contributed by atoms with Crippen molar-refractivity contribution in [1.29, 1.82) is 0 Å². The smallest absolute Gasteiger partial charge is 0.488 e. The maximum Gasteiger partial charge on any atom is 0.488 e. The van der Waals surface area contributed by atoms with Crippen molar-refractivity contribution in [1.82, 2.24) is 0 Å². The second-order valence-corrected chi connectivity index (χ2v) is 3.79. The zero-order valence-electron chi connectivity index (χ0n) is 10.0. The number of carbonyl (C=O) groups is 1. The van der Waals surface area contributed by atoms with Gasteiger partial charge in [-0.1, -0.05) is 6.07 Å². The Kier molecular flexibility index (Phi) is 4.54. The molecule has 0 aliphatic carbocycles. The molecule has 0 unspecified atom stereocenters. The normalized spacial score (nSPS) is 10.2. The molecule has 0 spiro atoms. The Labute approximate surface area is 100 Å². The van der Waals surface area contributed by atoms with E-state index in [-0.39, 0.29) is 22.9 Å². The molecule has 0 aromatic heterocycles. The highest BCUT2D eigenvalue weighted by molar-refractivity contribution is 6.58. The minimum absolute atomic E-state index is 0.135. The molecule has 1 rings (SSSR count). The van der Waals surface area contributed by atoms with E-state index in [0.717, 1.165) is 0 Å². The fourth-order valence-electron chi connectivity index (χ4n) is 1.33. The van der Waals surface area contributed by atoms with E-state index in [4.69, 9.17) is 14.8 Å². The molecule has 0 radical (unpaired) electrons. The summed E-state index contributed by atoms with van der Waals surface area (Å²) < 4.78 is 10.1. The van der Waals surface area contributed by atoms with Gasteiger partial charge in [-0.25, -0.2) is 4.79 Å². The van der Waals surface area contributed by atoms with Crippen molar-refractivity contribution in [2.75, 3.05) is 7.11 Å². The van der Waals surface area contributed by atoms with Crippen molar-refractivity contribution in [3.05, 3.63) is 23.8 Å². The number of methoxy groups -OCH3 is 1. The Morgan fingerprint density at radius 3 is 2.47 bits per heavy atom. The van der Waals surface area contributed by atoms with Crippen LogP contribution < -0.4 is 10.2 Å². The molecule has 2 N–H and O–H groups in total. The molecule has 5 nitrogen and oxygen atoms in total. The van der Waals surface area contributed by atoms with Crippen molar-refractivity contribution in [3.8, 4) is 5.75 Å². The molecule has 0 amide bonds. The summed E-state index contributed by atoms with van der Waals surface area (Å²) >= 11 is 0. The highest BCUT2D eigenvalue weighted by Crippen LogP contribution is 2.19. The third kappa shape index (κ3) is 3.47. The predicted molar refractivity (Wildman–Crippen MR) is 63.4 cm³/mol. The van der Waals surface area contributed by atoms with Gasteiger partial charge in [0.2, 0.25) is 0 Å². The molecule has 17 heavy (non-hydrogen) atoms. The van der Waals surface area contributed by atoms with Gasteiger partial charge in [-0.15, -0.1) is 0 Å². The highest BCUT2D eigenvalue weighted by Gasteiger charge is 2.18. The molecule has 0 saturated carbocycles. The van der Waals surface area contributed by atoms with E-state index in [1.54, 1.807) is 0 Å². The number of hydrogen-bond acceptors (Lipinski definition) is 5. The third-order valence-corrected chi connectivity index (χ3v) is 2.07. The Morgan fingerprint density at radius 1 is 1.35 bits per heavy atom. The molecule has 0 fully saturated rings. The quantitative estimate of drug-likeness (QED) is 0.567. The molecule has 0 heterocycles. The van der Waals surface area contributed by atoms with Gasteiger partial charge < -0.3 is 19.5 Å². The molecule has 1 aromatic carbocycles. The number of rotatable bonds is 4. The molecule has 0 bridgehead atoms. The van der Waals surface area contributed by atoms with Crippen molar-refractivity contribution in [3.63, 3.8) is 0 Å². The molecule has 92 valence electrons. The second kappa shape index (κ2) is 5.70. The standard InChI is InChI=1S/C11H15BO5/c1-7(2)17-10-6-8(12(14)15)4-5-9(10)11(13)16-3/h4-7,14-15H,1-3H3. The maximum absolute atomic E-state index is 11.5. The summed E-state index contributed by atoms with van der Waals surface area (Å²) in [5.74, 6) is -0.253. The van der Waals surface area contributed by atoms with E-state index in [0.29, 0.717) is 0 Å². The monoisotopic (exact) mass is 238 g/mol. The average Bonchev–Trinajstić information content (AvgIpc) is 2.27. The van der Waals surface area contributed by atoms with Crippen LogP contribution >= 0.6 is 0 Å². The Hall–Kier alpha value is -1.53. The van der Waals surface area contributed by atoms with Crippen LogP contribution in [0.1, 0.15) is 24.2 Å². The summed E-state index contributed by atoms with van der Waals surface area (Å²) in [4.78, 5) is 11.5. The lowest BCUT2D eigenvalue weighted by molar-refractivity contribution is 0.0594. The van der Waals surface area contributed by atoms with E-state index < -0.39 is 13.1 Å². The Bertz CT molecular complexity index is 403. The number of esters is 1. The molecular weight excluding hydrogens is 223 g/mol. The SMILES string of the molecule is COC(=O)c1ccc(B(O)O)cc1OC(C)C. The number of benzene rings is 1. The summed E-state index contributed by atoms with van der Waals surface area (Å²) in [6.07, 6.45) is -0.135. The summed E-state index contributed by atoms with van der Waals surface area (Å²) in [7, 11) is -0.327. The van der Waals surface area contributed by atoms with Crippen molar-refractivity contribution in [2.24, 2.45) is 0 Å². The van der Waals surface area contributed by atoms with Crippen LogP contribution in [-0.2, 0) is 4.74 Å². The topological polar surface area (TPSA) is 76.0 Å². The van der Waals surface area contributed by atoms with E-state index in [1.165, 1.54) is 25.3 Å². The van der Waals surface area contributed by atoms with E-state index >= 15 is 0 Å². The molecule has 0 saturated heterocycles. The van der Waals surface area contributed by atoms with Gasteiger partial charge in [-0.05, 0) is 31.4 Å². The molecule has 0 aliphatic heterocycles. The van der Waals surface area contributed by atoms with Crippen LogP contribution in [0, 0.1) is 0 Å². The summed E-state index contributed by atoms with van der Waals surface area (Å²) in [6, 6.07) is 4.29. The van der Waals surface area contributed by atoms with Crippen LogP contribution in [0.2, 0.25) is 0 Å². The fraction of sp³-hybridized carbons (Fsp3) is 0.364. The largest absolute Gasteiger partial charge is 0.490 e. The van der Waals surface area contributed by atoms with Crippen molar-refractivity contribution < 1.29 is 24.3 Å². The molecule has 6 heteroatoms. The van der Waals surface area contributed by atoms with Gasteiger partial charge in [-0.3, -0.25) is 0 Å². The Morgan fingerprint density at radius 2 is 2.00 bits per heavy atom. The van der Waals surface area contributed by atoms with Crippen LogP contribution in [0.4, 0.5) is 0 Å². The first-order chi connectivity index (χ1) is 7.95. The predicted octanol–water partition coefficient (Wildman–Crippen LogP) is -0.0598. The average molecular weight is 238 g/mol. The van der Waals surface area contributed by atoms with E-state index in [1.807, 2.05) is 13.8 Å². The summed E-state index contributed by atoms with van der Waals surface area (Å²) in [5.41, 5.74) is 0.513. The van der Waals surface area contributed by atoms with Gasteiger partial charge in [0.15, 0.2) is 0 Å². The number of carbonyl (C=O) groups excluding carboxylic acids is 1. The zero-order valence-corrected chi connectivity index (χ0v) is 10.0. The minimum atomic E-state index is -1.60. The molecule has 0 atom stereocenters. The van der Waals surface area contributed by atoms with E-state index in [9.17, 15) is 4.79 Å². The van der Waals surface area contributed by atoms with E-state index in [2.05, 4.69) is 4.74 Å². The van der Waals surface area contributed by atoms with Crippen LogP contribution in [0.25, 0.3) is 0 Å². The number of hydrogen-bond donors (Lipinski definition) is 2. The fourth-order valence-corrected chi connectivity index (χ4v) is 1.33. The third-order valence-electron chi connectivity index (χ3n) is 2.07. The lowest BCUT2D eigenvalue weighted by atomic mass is 9.80. The van der Waals surface area contributed by atoms with Gasteiger partial charge in [0, 0.05) is 0 Å². The maximum atomic E-state index is 11.5. The lowest BCUT2D eigenvalue weighted by Crippen LogP contribution is -2.30. The lowest BCUT2D eigenvalue weighted by Gasteiger charge is -2.14. The summed E-state index contributed by atoms with van der Waals surface area (Å²) in [6.45, 7) is 3.62. The highest BCUT2D eigenvalue weighted by atomic mass is 16.5. The first-order valence-electron chi connectivity index (χ1n) is 5.20. The van der Waals surface area contributed by atoms with Crippen molar-refractivity contribution in [2.45, 2.75) is 20.0 Å². The van der Waals surface area contributed by atoms with Gasteiger partial charge in [0.05, 0.1) is 13.2 Å². The van der Waals surface area contributed by atoms with Gasteiger partial charge in [-0.2, -0.15) is 0 Å². The first kappa shape index (κ1) is 13.5. The van der Waals surface area contributed by atoms with Crippen molar-refractivity contribution >= 4 is 18.6 Å².